The Kier molecular flexibility index (Phi) is 9.52. The maximum absolute atomic E-state index is 14.7. The Morgan fingerprint density at radius 1 is 1.24 bits per heavy atom. The second kappa shape index (κ2) is 13.1. The van der Waals surface area contributed by atoms with Gasteiger partial charge in [0.2, 0.25) is 5.95 Å². The number of nitrogens with zero attached hydrogens (tertiary/aromatic N) is 3. The van der Waals surface area contributed by atoms with Crippen LogP contribution in [0.5, 0.6) is 0 Å². The van der Waals surface area contributed by atoms with Crippen molar-refractivity contribution >= 4 is 35.0 Å². The molecule has 1 aromatic carbocycles. The van der Waals surface area contributed by atoms with Gasteiger partial charge in [-0.15, -0.1) is 0 Å². The summed E-state index contributed by atoms with van der Waals surface area (Å²) in [5, 5.41) is 0. The smallest absolute Gasteiger partial charge is 0.324 e. The number of aromatic amines is 1. The number of nitrogens with two attached hydrogens (primary N) is 2. The maximum atomic E-state index is 14.7. The molecule has 1 saturated heterocycles. The van der Waals surface area contributed by atoms with Crippen molar-refractivity contribution in [1.29, 1.82) is 0 Å². The standard InChI is InChI=1S/C27H33FN6O8/c1-3-27(2,25(38)41-12-15-7-5-4-6-8-15)21(29)24(37)39-10-9-19(35)40-13-17-16(28)11-18(42-17)34-14-31-20-22(34)32-26(30)33-23(20)36/h4-8,14,16-18,21H,3,9-13,29H2,1-2H3,(H3,30,32,33,36)/t16-,17+,18+,21+,27+/m0/s1. The lowest BCUT2D eigenvalue weighted by molar-refractivity contribution is -0.166. The van der Waals surface area contributed by atoms with Gasteiger partial charge in [0.05, 0.1) is 18.2 Å². The highest BCUT2D eigenvalue weighted by Crippen LogP contribution is 2.32. The number of nitrogens with one attached hydrogen (secondary N) is 1. The van der Waals surface area contributed by atoms with Gasteiger partial charge in [0.1, 0.15) is 44.4 Å². The van der Waals surface area contributed by atoms with Crippen LogP contribution in [-0.4, -0.2) is 69.0 Å². The van der Waals surface area contributed by atoms with Crippen LogP contribution in [0.15, 0.2) is 41.5 Å². The first-order valence-corrected chi connectivity index (χ1v) is 13.3. The number of nitrogen functional groups attached to an aromatic ring is 1. The highest BCUT2D eigenvalue weighted by Gasteiger charge is 2.44. The molecule has 0 bridgehead atoms. The van der Waals surface area contributed by atoms with Crippen molar-refractivity contribution in [2.45, 2.75) is 64.3 Å². The number of imidazole rings is 1. The molecule has 3 heterocycles. The van der Waals surface area contributed by atoms with Crippen LogP contribution in [0.25, 0.3) is 11.2 Å². The molecule has 3 aromatic rings. The van der Waals surface area contributed by atoms with Crippen LogP contribution >= 0.6 is 0 Å². The summed E-state index contributed by atoms with van der Waals surface area (Å²) in [7, 11) is 0. The Bertz CT molecular complexity index is 1480. The third kappa shape index (κ3) is 6.74. The van der Waals surface area contributed by atoms with Crippen molar-refractivity contribution < 1.29 is 37.7 Å². The Morgan fingerprint density at radius 3 is 2.69 bits per heavy atom. The largest absolute Gasteiger partial charge is 0.464 e. The highest BCUT2D eigenvalue weighted by atomic mass is 19.1. The molecule has 1 aliphatic rings. The zero-order valence-corrected chi connectivity index (χ0v) is 23.2. The minimum Gasteiger partial charge on any atom is -0.464 e. The predicted octanol–water partition coefficient (Wildman–Crippen LogP) is 1.29. The predicted molar refractivity (Wildman–Crippen MR) is 145 cm³/mol. The number of fused-ring (bicyclic) bond motifs is 1. The molecule has 0 saturated carbocycles. The molecule has 5 N–H and O–H groups in total. The number of rotatable bonds is 12. The zero-order chi connectivity index (χ0) is 30.4. The fraction of sp³-hybridized carbons (Fsp3) is 0.481. The van der Waals surface area contributed by atoms with Crippen LogP contribution in [0.1, 0.15) is 44.9 Å². The summed E-state index contributed by atoms with van der Waals surface area (Å²) in [5.41, 5.74) is 10.7. The van der Waals surface area contributed by atoms with Crippen LogP contribution in [-0.2, 0) is 39.9 Å². The van der Waals surface area contributed by atoms with E-state index >= 15 is 0 Å². The van der Waals surface area contributed by atoms with Gasteiger partial charge in [-0.05, 0) is 18.9 Å². The normalized spacial score (nSPS) is 20.5. The van der Waals surface area contributed by atoms with E-state index in [1.165, 1.54) is 17.8 Å². The van der Waals surface area contributed by atoms with Gasteiger partial charge >= 0.3 is 17.9 Å². The minimum atomic E-state index is -1.48. The molecule has 0 unspecified atom stereocenters. The number of hydrogen-bond donors (Lipinski definition) is 3. The number of esters is 3. The van der Waals surface area contributed by atoms with E-state index in [-0.39, 0.29) is 49.6 Å². The fourth-order valence-electron chi connectivity index (χ4n) is 4.37. The summed E-state index contributed by atoms with van der Waals surface area (Å²) in [6, 6.07) is 7.72. The Morgan fingerprint density at radius 2 is 1.98 bits per heavy atom. The number of halogens is 1. The van der Waals surface area contributed by atoms with Crippen molar-refractivity contribution in [3.8, 4) is 0 Å². The number of carbonyl (C=O) groups excluding carboxylic acids is 3. The monoisotopic (exact) mass is 588 g/mol. The number of benzene rings is 1. The molecule has 2 aromatic heterocycles. The number of ether oxygens (including phenoxy) is 4. The summed E-state index contributed by atoms with van der Waals surface area (Å²) in [6.07, 6.45) is -2.34. The second-order valence-electron chi connectivity index (χ2n) is 10.1. The zero-order valence-electron chi connectivity index (χ0n) is 23.2. The molecule has 15 heteroatoms. The van der Waals surface area contributed by atoms with Crippen molar-refractivity contribution in [3.05, 3.63) is 52.6 Å². The van der Waals surface area contributed by atoms with E-state index in [1.807, 2.05) is 18.2 Å². The first-order valence-electron chi connectivity index (χ1n) is 13.3. The molecule has 0 aliphatic carbocycles. The van der Waals surface area contributed by atoms with E-state index in [2.05, 4.69) is 15.0 Å². The summed E-state index contributed by atoms with van der Waals surface area (Å²) in [6.45, 7) is 2.48. The van der Waals surface area contributed by atoms with E-state index < -0.39 is 60.0 Å². The molecule has 5 atom stereocenters. The second-order valence-corrected chi connectivity index (χ2v) is 10.1. The number of carbonyl (C=O) groups is 3. The number of alkyl halides is 1. The highest BCUT2D eigenvalue weighted by molar-refractivity contribution is 5.87. The summed E-state index contributed by atoms with van der Waals surface area (Å²) in [5.74, 6) is -2.41. The fourth-order valence-corrected chi connectivity index (χ4v) is 4.37. The molecular weight excluding hydrogens is 555 g/mol. The molecule has 1 aliphatic heterocycles. The lowest BCUT2D eigenvalue weighted by Crippen LogP contribution is -2.51. The van der Waals surface area contributed by atoms with Gasteiger partial charge in [-0.3, -0.25) is 28.7 Å². The molecule has 226 valence electrons. The van der Waals surface area contributed by atoms with E-state index in [4.69, 9.17) is 30.4 Å². The van der Waals surface area contributed by atoms with E-state index in [9.17, 15) is 23.6 Å². The molecule has 0 spiro atoms. The number of aromatic nitrogens is 4. The van der Waals surface area contributed by atoms with Crippen molar-refractivity contribution in [2.75, 3.05) is 18.9 Å². The molecule has 0 amide bonds. The molecule has 1 fully saturated rings. The number of hydrogen-bond acceptors (Lipinski definition) is 12. The van der Waals surface area contributed by atoms with Crippen molar-refractivity contribution in [3.63, 3.8) is 0 Å². The van der Waals surface area contributed by atoms with E-state index in [0.717, 1.165) is 5.56 Å². The Balaban J connectivity index is 1.22. The Labute approximate surface area is 239 Å². The van der Waals surface area contributed by atoms with Crippen LogP contribution in [0.2, 0.25) is 0 Å². The van der Waals surface area contributed by atoms with Gasteiger partial charge in [-0.2, -0.15) is 4.98 Å². The molecule has 42 heavy (non-hydrogen) atoms. The average Bonchev–Trinajstić information content (AvgIpc) is 3.57. The van der Waals surface area contributed by atoms with Crippen LogP contribution in [0, 0.1) is 5.41 Å². The van der Waals surface area contributed by atoms with Gasteiger partial charge in [0, 0.05) is 6.42 Å². The molecule has 0 radical (unpaired) electrons. The first kappa shape index (κ1) is 30.6. The van der Waals surface area contributed by atoms with Crippen molar-refractivity contribution in [2.24, 2.45) is 11.1 Å². The molecule has 4 rings (SSSR count). The maximum Gasteiger partial charge on any atom is 0.324 e. The van der Waals surface area contributed by atoms with Crippen LogP contribution in [0.3, 0.4) is 0 Å². The van der Waals surface area contributed by atoms with Crippen LogP contribution < -0.4 is 17.0 Å². The van der Waals surface area contributed by atoms with E-state index in [0.29, 0.717) is 0 Å². The summed E-state index contributed by atoms with van der Waals surface area (Å²) in [4.78, 5) is 59.9. The van der Waals surface area contributed by atoms with Gasteiger partial charge < -0.3 is 30.4 Å². The van der Waals surface area contributed by atoms with Gasteiger partial charge in [-0.1, -0.05) is 37.3 Å². The summed E-state index contributed by atoms with van der Waals surface area (Å²) >= 11 is 0. The Hall–Kier alpha value is -4.37. The lowest BCUT2D eigenvalue weighted by atomic mass is 9.80. The van der Waals surface area contributed by atoms with Crippen LogP contribution in [0.4, 0.5) is 10.3 Å². The number of anilines is 1. The van der Waals surface area contributed by atoms with E-state index in [1.54, 1.807) is 19.1 Å². The quantitative estimate of drug-likeness (QED) is 0.202. The molecule has 14 nitrogen and oxygen atoms in total. The third-order valence-electron chi connectivity index (χ3n) is 7.24. The first-order chi connectivity index (χ1) is 20.0. The third-order valence-corrected chi connectivity index (χ3v) is 7.24. The van der Waals surface area contributed by atoms with Gasteiger partial charge in [-0.25, -0.2) is 9.37 Å². The molecular formula is C27H33FN6O8. The summed E-state index contributed by atoms with van der Waals surface area (Å²) < 4.78 is 37.3. The lowest BCUT2D eigenvalue weighted by Gasteiger charge is -2.30. The average molecular weight is 589 g/mol. The van der Waals surface area contributed by atoms with Gasteiger partial charge in [0.15, 0.2) is 11.2 Å². The SMILES string of the molecule is CC[C@@](C)(C(=O)OCc1ccccc1)[C@H](N)C(=O)OCCC(=O)OC[C@H]1O[C@@H](n2cnc3c(=O)[nH]c(N)nc32)C[C@@H]1F. The van der Waals surface area contributed by atoms with Gasteiger partial charge in [0.25, 0.3) is 5.56 Å². The number of H-pyrrole nitrogens is 1. The minimum absolute atomic E-state index is 0.0238. The topological polar surface area (TPSA) is 204 Å². The van der Waals surface area contributed by atoms with Crippen molar-refractivity contribution in [1.82, 2.24) is 19.5 Å².